The molecule has 19 heavy (non-hydrogen) atoms. The maximum absolute atomic E-state index is 12.2. The highest BCUT2D eigenvalue weighted by molar-refractivity contribution is 7.91. The van der Waals surface area contributed by atoms with Gasteiger partial charge in [-0.25, -0.2) is 8.42 Å². The van der Waals surface area contributed by atoms with Gasteiger partial charge in [0.05, 0.1) is 18.4 Å². The topological polar surface area (TPSA) is 85.1 Å². The zero-order chi connectivity index (χ0) is 13.5. The maximum atomic E-state index is 12.2. The summed E-state index contributed by atoms with van der Waals surface area (Å²) in [5.41, 5.74) is 0. The monoisotopic (exact) mass is 285 g/mol. The van der Waals surface area contributed by atoms with Crippen LogP contribution in [0.1, 0.15) is 55.0 Å². The van der Waals surface area contributed by atoms with E-state index in [9.17, 15) is 13.5 Å². The summed E-state index contributed by atoms with van der Waals surface area (Å²) >= 11 is 0. The molecule has 7 heteroatoms. The quantitative estimate of drug-likeness (QED) is 0.868. The second-order valence-electron chi connectivity index (χ2n) is 5.42. The van der Waals surface area contributed by atoms with E-state index in [-0.39, 0.29) is 18.4 Å². The molecular formula is C12H19N3O3S. The van der Waals surface area contributed by atoms with Gasteiger partial charge in [0.25, 0.3) is 0 Å². The van der Waals surface area contributed by atoms with Crippen LogP contribution in [0.5, 0.6) is 0 Å². The van der Waals surface area contributed by atoms with E-state index in [4.69, 9.17) is 0 Å². The number of aliphatic hydroxyl groups is 1. The fraction of sp³-hybridized carbons (Fsp3) is 0.833. The summed E-state index contributed by atoms with van der Waals surface area (Å²) in [6, 6.07) is -0.0640. The van der Waals surface area contributed by atoms with Gasteiger partial charge in [-0.15, -0.1) is 10.2 Å². The lowest BCUT2D eigenvalue weighted by Gasteiger charge is -2.28. The van der Waals surface area contributed by atoms with E-state index in [0.717, 1.165) is 37.9 Å². The van der Waals surface area contributed by atoms with Crippen LogP contribution < -0.4 is 0 Å². The molecule has 1 fully saturated rings. The number of rotatable bonds is 2. The van der Waals surface area contributed by atoms with Gasteiger partial charge in [0.1, 0.15) is 11.1 Å². The number of aliphatic hydroxyl groups excluding tert-OH is 1. The van der Waals surface area contributed by atoms with E-state index in [1.165, 1.54) is 0 Å². The van der Waals surface area contributed by atoms with Gasteiger partial charge in [-0.2, -0.15) is 0 Å². The first-order chi connectivity index (χ1) is 9.13. The molecule has 2 aliphatic rings. The number of fused-ring (bicyclic) bond motifs is 1. The zero-order valence-electron chi connectivity index (χ0n) is 10.8. The van der Waals surface area contributed by atoms with Gasteiger partial charge in [0.15, 0.2) is 15.7 Å². The average Bonchev–Trinajstić information content (AvgIpc) is 2.82. The van der Waals surface area contributed by atoms with Crippen molar-refractivity contribution in [2.24, 2.45) is 0 Å². The number of sulfone groups is 1. The highest BCUT2D eigenvalue weighted by Gasteiger charge is 2.37. The number of hydrogen-bond donors (Lipinski definition) is 1. The molecule has 0 saturated carbocycles. The predicted molar refractivity (Wildman–Crippen MR) is 69.5 cm³/mol. The Kier molecular flexibility index (Phi) is 3.34. The molecule has 0 aliphatic carbocycles. The molecule has 0 amide bonds. The summed E-state index contributed by atoms with van der Waals surface area (Å²) in [6.07, 6.45) is 4.93. The minimum absolute atomic E-state index is 0.0187. The third-order valence-electron chi connectivity index (χ3n) is 4.17. The van der Waals surface area contributed by atoms with E-state index in [1.54, 1.807) is 0 Å². The molecule has 0 aromatic carbocycles. The summed E-state index contributed by atoms with van der Waals surface area (Å²) < 4.78 is 26.3. The predicted octanol–water partition coefficient (Wildman–Crippen LogP) is 0.788. The molecule has 2 aliphatic heterocycles. The van der Waals surface area contributed by atoms with Gasteiger partial charge >= 0.3 is 0 Å². The Morgan fingerprint density at radius 1 is 1.21 bits per heavy atom. The second-order valence-corrected chi connectivity index (χ2v) is 7.73. The van der Waals surface area contributed by atoms with Crippen LogP contribution in [0.3, 0.4) is 0 Å². The Balaban J connectivity index is 2.04. The lowest BCUT2D eigenvalue weighted by Crippen LogP contribution is -2.29. The van der Waals surface area contributed by atoms with Crippen molar-refractivity contribution in [3.05, 3.63) is 11.6 Å². The highest BCUT2D eigenvalue weighted by Crippen LogP contribution is 2.36. The first kappa shape index (κ1) is 13.1. The van der Waals surface area contributed by atoms with Gasteiger partial charge in [-0.3, -0.25) is 0 Å². The van der Waals surface area contributed by atoms with Crippen LogP contribution >= 0.6 is 0 Å². The van der Waals surface area contributed by atoms with Crippen LogP contribution in [-0.4, -0.2) is 40.6 Å². The molecule has 0 bridgehead atoms. The molecule has 1 saturated heterocycles. The summed E-state index contributed by atoms with van der Waals surface area (Å²) in [5, 5.41) is 17.2. The van der Waals surface area contributed by atoms with Gasteiger partial charge in [-0.1, -0.05) is 6.42 Å². The lowest BCUT2D eigenvalue weighted by molar-refractivity contribution is 0.203. The Hall–Kier alpha value is -0.950. The second kappa shape index (κ2) is 4.86. The highest BCUT2D eigenvalue weighted by atomic mass is 32.2. The molecule has 6 nitrogen and oxygen atoms in total. The molecule has 0 spiro atoms. The van der Waals surface area contributed by atoms with Crippen molar-refractivity contribution in [1.82, 2.24) is 14.8 Å². The van der Waals surface area contributed by atoms with Crippen LogP contribution in [0.2, 0.25) is 0 Å². The Bertz CT molecular complexity index is 567. The fourth-order valence-corrected chi connectivity index (χ4v) is 5.07. The summed E-state index contributed by atoms with van der Waals surface area (Å²) in [6.45, 7) is 0.0187. The van der Waals surface area contributed by atoms with Gasteiger partial charge < -0.3 is 9.67 Å². The van der Waals surface area contributed by atoms with Crippen molar-refractivity contribution < 1.29 is 13.5 Å². The van der Waals surface area contributed by atoms with Crippen molar-refractivity contribution >= 4 is 9.84 Å². The lowest BCUT2D eigenvalue weighted by atomic mass is 10.0. The van der Waals surface area contributed by atoms with E-state index in [0.29, 0.717) is 12.2 Å². The van der Waals surface area contributed by atoms with Crippen LogP contribution in [-0.2, 0) is 16.3 Å². The van der Waals surface area contributed by atoms with Crippen molar-refractivity contribution in [3.63, 3.8) is 0 Å². The van der Waals surface area contributed by atoms with Crippen molar-refractivity contribution in [2.45, 2.75) is 49.8 Å². The summed E-state index contributed by atoms with van der Waals surface area (Å²) in [4.78, 5) is 0. The van der Waals surface area contributed by atoms with Crippen LogP contribution in [0.25, 0.3) is 0 Å². The molecule has 3 rings (SSSR count). The average molecular weight is 285 g/mol. The number of nitrogens with zero attached hydrogens (tertiary/aromatic N) is 3. The molecule has 2 atom stereocenters. The molecule has 2 unspecified atom stereocenters. The minimum atomic E-state index is -3.12. The molecule has 0 radical (unpaired) electrons. The maximum Gasteiger partial charge on any atom is 0.160 e. The summed E-state index contributed by atoms with van der Waals surface area (Å²) in [7, 11) is -3.12. The van der Waals surface area contributed by atoms with Crippen LogP contribution in [0.4, 0.5) is 0 Å². The van der Waals surface area contributed by atoms with E-state index < -0.39 is 15.1 Å². The Labute approximate surface area is 112 Å². The standard InChI is InChI=1S/C12H19N3O3S/c16-8-9-4-3-6-11-13-14-12(15(9)11)10-5-1-2-7-19(10,17)18/h9-10,16H,1-8H2. The molecular weight excluding hydrogens is 266 g/mol. The van der Waals surface area contributed by atoms with Gasteiger partial charge in [0, 0.05) is 6.42 Å². The van der Waals surface area contributed by atoms with Crippen molar-refractivity contribution in [2.75, 3.05) is 12.4 Å². The SMILES string of the molecule is O=S1(=O)CCCCC1c1nnc2n1C(CO)CCC2. The van der Waals surface area contributed by atoms with Crippen LogP contribution in [0, 0.1) is 0 Å². The van der Waals surface area contributed by atoms with Gasteiger partial charge in [-0.05, 0) is 25.7 Å². The minimum Gasteiger partial charge on any atom is -0.394 e. The van der Waals surface area contributed by atoms with Crippen molar-refractivity contribution in [3.8, 4) is 0 Å². The van der Waals surface area contributed by atoms with E-state index in [2.05, 4.69) is 10.2 Å². The van der Waals surface area contributed by atoms with Crippen molar-refractivity contribution in [1.29, 1.82) is 0 Å². The Morgan fingerprint density at radius 2 is 2.05 bits per heavy atom. The molecule has 3 heterocycles. The third-order valence-corrected chi connectivity index (χ3v) is 6.34. The summed E-state index contributed by atoms with van der Waals surface area (Å²) in [5.74, 6) is 1.61. The smallest absolute Gasteiger partial charge is 0.160 e. The van der Waals surface area contributed by atoms with E-state index >= 15 is 0 Å². The number of aryl methyl sites for hydroxylation is 1. The fourth-order valence-electron chi connectivity index (χ4n) is 3.17. The number of aromatic nitrogens is 3. The Morgan fingerprint density at radius 3 is 2.79 bits per heavy atom. The normalized spacial score (nSPS) is 29.9. The first-order valence-corrected chi connectivity index (χ1v) is 8.61. The molecule has 1 aromatic rings. The first-order valence-electron chi connectivity index (χ1n) is 6.89. The largest absolute Gasteiger partial charge is 0.394 e. The van der Waals surface area contributed by atoms with Gasteiger partial charge in [0.2, 0.25) is 0 Å². The van der Waals surface area contributed by atoms with Crippen LogP contribution in [0.15, 0.2) is 0 Å². The third kappa shape index (κ3) is 2.18. The molecule has 1 N–H and O–H groups in total. The molecule has 1 aromatic heterocycles. The molecule has 106 valence electrons. The number of hydrogen-bond acceptors (Lipinski definition) is 5. The zero-order valence-corrected chi connectivity index (χ0v) is 11.6. The van der Waals surface area contributed by atoms with E-state index in [1.807, 2.05) is 4.57 Å².